The summed E-state index contributed by atoms with van der Waals surface area (Å²) in [6, 6.07) is 11.0. The van der Waals surface area contributed by atoms with Crippen LogP contribution in [0.2, 0.25) is 0 Å². The molecule has 6 nitrogen and oxygen atoms in total. The minimum absolute atomic E-state index is 0.191. The van der Waals surface area contributed by atoms with Crippen molar-refractivity contribution in [2.75, 3.05) is 5.32 Å². The van der Waals surface area contributed by atoms with Gasteiger partial charge >= 0.3 is 0 Å². The van der Waals surface area contributed by atoms with Gasteiger partial charge in [0.15, 0.2) is 5.76 Å². The number of nitrogens with one attached hydrogen (secondary N) is 1. The molecule has 0 bridgehead atoms. The van der Waals surface area contributed by atoms with E-state index < -0.39 is 5.91 Å². The van der Waals surface area contributed by atoms with Crippen molar-refractivity contribution in [3.8, 4) is 6.07 Å². The number of rotatable bonds is 2. The summed E-state index contributed by atoms with van der Waals surface area (Å²) in [4.78, 5) is 12.1. The van der Waals surface area contributed by atoms with E-state index in [1.165, 1.54) is 10.9 Å². The molecule has 1 N–H and O–H groups in total. The van der Waals surface area contributed by atoms with Crippen LogP contribution >= 0.6 is 0 Å². The highest BCUT2D eigenvalue weighted by Crippen LogP contribution is 2.20. The van der Waals surface area contributed by atoms with Gasteiger partial charge in [-0.15, -0.1) is 0 Å². The standard InChI is InChI=1S/C14H10N4O2/c1-18-13(10(7-15)8-16-18)17-14(19)12-6-9-4-2-3-5-11(9)20-12/h2-6,8H,1H3,(H,17,19). The number of furan rings is 1. The molecule has 0 aliphatic heterocycles. The third-order valence-electron chi connectivity index (χ3n) is 2.94. The molecular weight excluding hydrogens is 256 g/mol. The molecule has 6 heteroatoms. The van der Waals surface area contributed by atoms with Gasteiger partial charge in [0.2, 0.25) is 0 Å². The zero-order valence-electron chi connectivity index (χ0n) is 10.6. The van der Waals surface area contributed by atoms with Crippen LogP contribution in [0.5, 0.6) is 0 Å². The van der Waals surface area contributed by atoms with Crippen molar-refractivity contribution >= 4 is 22.7 Å². The minimum Gasteiger partial charge on any atom is -0.451 e. The van der Waals surface area contributed by atoms with E-state index in [0.717, 1.165) is 5.39 Å². The fourth-order valence-corrected chi connectivity index (χ4v) is 1.93. The van der Waals surface area contributed by atoms with Crippen molar-refractivity contribution in [3.63, 3.8) is 0 Å². The Morgan fingerprint density at radius 2 is 2.25 bits per heavy atom. The highest BCUT2D eigenvalue weighted by atomic mass is 16.3. The first kappa shape index (κ1) is 12.0. The molecule has 2 heterocycles. The lowest BCUT2D eigenvalue weighted by atomic mass is 10.2. The quantitative estimate of drug-likeness (QED) is 0.771. The highest BCUT2D eigenvalue weighted by Gasteiger charge is 2.16. The zero-order chi connectivity index (χ0) is 14.1. The van der Waals surface area contributed by atoms with Gasteiger partial charge in [0.25, 0.3) is 5.91 Å². The number of nitriles is 1. The van der Waals surface area contributed by atoms with Crippen molar-refractivity contribution in [3.05, 3.63) is 47.9 Å². The third-order valence-corrected chi connectivity index (χ3v) is 2.94. The van der Waals surface area contributed by atoms with Crippen molar-refractivity contribution in [2.45, 2.75) is 0 Å². The molecular formula is C14H10N4O2. The van der Waals surface area contributed by atoms with Crippen LogP contribution < -0.4 is 5.32 Å². The summed E-state index contributed by atoms with van der Waals surface area (Å²) in [7, 11) is 1.65. The maximum atomic E-state index is 12.1. The van der Waals surface area contributed by atoms with Gasteiger partial charge < -0.3 is 9.73 Å². The topological polar surface area (TPSA) is 83.9 Å². The molecule has 3 rings (SSSR count). The SMILES string of the molecule is Cn1ncc(C#N)c1NC(=O)c1cc2ccccc2o1. The first-order valence-corrected chi connectivity index (χ1v) is 5.91. The van der Waals surface area contributed by atoms with Gasteiger partial charge in [-0.1, -0.05) is 18.2 Å². The molecule has 0 atom stereocenters. The number of fused-ring (bicyclic) bond motifs is 1. The summed E-state index contributed by atoms with van der Waals surface area (Å²) in [6.45, 7) is 0. The fraction of sp³-hybridized carbons (Fsp3) is 0.0714. The van der Waals surface area contributed by atoms with E-state index in [4.69, 9.17) is 9.68 Å². The van der Waals surface area contributed by atoms with Crippen LogP contribution in [0.25, 0.3) is 11.0 Å². The lowest BCUT2D eigenvalue weighted by Crippen LogP contribution is -2.14. The second-order valence-corrected chi connectivity index (χ2v) is 4.24. The number of aromatic nitrogens is 2. The number of anilines is 1. The Morgan fingerprint density at radius 3 is 3.00 bits per heavy atom. The van der Waals surface area contributed by atoms with E-state index in [1.54, 1.807) is 19.2 Å². The van der Waals surface area contributed by atoms with Gasteiger partial charge in [-0.2, -0.15) is 10.4 Å². The van der Waals surface area contributed by atoms with Crippen molar-refractivity contribution in [1.82, 2.24) is 9.78 Å². The van der Waals surface area contributed by atoms with Crippen LogP contribution in [0.4, 0.5) is 5.82 Å². The first-order chi connectivity index (χ1) is 9.69. The fourth-order valence-electron chi connectivity index (χ4n) is 1.93. The third kappa shape index (κ3) is 1.91. The summed E-state index contributed by atoms with van der Waals surface area (Å²) in [5.74, 6) is 0.121. The van der Waals surface area contributed by atoms with Crippen LogP contribution in [0.1, 0.15) is 16.1 Å². The Labute approximate surface area is 114 Å². The smallest absolute Gasteiger partial charge is 0.292 e. The molecule has 0 saturated carbocycles. The number of benzene rings is 1. The van der Waals surface area contributed by atoms with Crippen LogP contribution in [0.15, 0.2) is 40.9 Å². The van der Waals surface area contributed by atoms with Crippen molar-refractivity contribution in [2.24, 2.45) is 7.05 Å². The molecule has 0 fully saturated rings. The molecule has 0 aliphatic carbocycles. The molecule has 3 aromatic rings. The highest BCUT2D eigenvalue weighted by molar-refractivity contribution is 6.04. The normalized spacial score (nSPS) is 10.4. The van der Waals surface area contributed by atoms with Crippen LogP contribution in [0, 0.1) is 11.3 Å². The van der Waals surface area contributed by atoms with Crippen molar-refractivity contribution in [1.29, 1.82) is 5.26 Å². The van der Waals surface area contributed by atoms with Gasteiger partial charge in [0, 0.05) is 12.4 Å². The number of para-hydroxylation sites is 1. The number of hydrogen-bond donors (Lipinski definition) is 1. The lowest BCUT2D eigenvalue weighted by Gasteiger charge is -2.03. The number of hydrogen-bond acceptors (Lipinski definition) is 4. The molecule has 0 saturated heterocycles. The van der Waals surface area contributed by atoms with E-state index in [9.17, 15) is 4.79 Å². The van der Waals surface area contributed by atoms with Crippen LogP contribution in [-0.2, 0) is 7.05 Å². The van der Waals surface area contributed by atoms with Gasteiger partial charge in [-0.3, -0.25) is 9.48 Å². The van der Waals surface area contributed by atoms with Crippen LogP contribution in [-0.4, -0.2) is 15.7 Å². The van der Waals surface area contributed by atoms with Crippen molar-refractivity contribution < 1.29 is 9.21 Å². The van der Waals surface area contributed by atoms with Gasteiger partial charge in [0.1, 0.15) is 23.0 Å². The predicted molar refractivity (Wildman–Crippen MR) is 72.1 cm³/mol. The number of carbonyl (C=O) groups excluding carboxylic acids is 1. The summed E-state index contributed by atoms with van der Waals surface area (Å²) < 4.78 is 6.90. The van der Waals surface area contributed by atoms with E-state index >= 15 is 0 Å². The van der Waals surface area contributed by atoms with E-state index in [2.05, 4.69) is 10.4 Å². The average molecular weight is 266 g/mol. The van der Waals surface area contributed by atoms with Gasteiger partial charge in [-0.25, -0.2) is 0 Å². The van der Waals surface area contributed by atoms with Gasteiger partial charge in [-0.05, 0) is 12.1 Å². The molecule has 0 radical (unpaired) electrons. The Hall–Kier alpha value is -3.07. The molecule has 1 amide bonds. The molecule has 1 aromatic carbocycles. The summed E-state index contributed by atoms with van der Waals surface area (Å²) >= 11 is 0. The van der Waals surface area contributed by atoms with E-state index in [0.29, 0.717) is 17.0 Å². The Morgan fingerprint density at radius 1 is 1.45 bits per heavy atom. The Balaban J connectivity index is 1.93. The first-order valence-electron chi connectivity index (χ1n) is 5.91. The Kier molecular flexibility index (Phi) is 2.73. The van der Waals surface area contributed by atoms with E-state index in [-0.39, 0.29) is 5.76 Å². The van der Waals surface area contributed by atoms with Gasteiger partial charge in [0.05, 0.1) is 6.20 Å². The summed E-state index contributed by atoms with van der Waals surface area (Å²) in [5.41, 5.74) is 0.945. The maximum absolute atomic E-state index is 12.1. The predicted octanol–water partition coefficient (Wildman–Crippen LogP) is 2.29. The molecule has 0 unspecified atom stereocenters. The monoisotopic (exact) mass is 266 g/mol. The Bertz CT molecular complexity index is 805. The lowest BCUT2D eigenvalue weighted by molar-refractivity contribution is 0.0997. The number of nitrogens with zero attached hydrogens (tertiary/aromatic N) is 3. The second kappa shape index (κ2) is 4.55. The minimum atomic E-state index is -0.415. The van der Waals surface area contributed by atoms with Crippen LogP contribution in [0.3, 0.4) is 0 Å². The zero-order valence-corrected chi connectivity index (χ0v) is 10.6. The summed E-state index contributed by atoms with van der Waals surface area (Å²) in [6.07, 6.45) is 1.40. The molecule has 0 aliphatic rings. The second-order valence-electron chi connectivity index (χ2n) is 4.24. The molecule has 0 spiro atoms. The maximum Gasteiger partial charge on any atom is 0.292 e. The van der Waals surface area contributed by atoms with E-state index in [1.807, 2.05) is 24.3 Å². The largest absolute Gasteiger partial charge is 0.451 e. The average Bonchev–Trinajstić information content (AvgIpc) is 3.03. The summed E-state index contributed by atoms with van der Waals surface area (Å²) in [5, 5.41) is 16.4. The number of carbonyl (C=O) groups is 1. The molecule has 20 heavy (non-hydrogen) atoms. The number of aryl methyl sites for hydroxylation is 1. The number of amides is 1. The molecule has 2 aromatic heterocycles. The molecule has 98 valence electrons.